The third kappa shape index (κ3) is 3.43. The molecule has 28 heavy (non-hydrogen) atoms. The van der Waals surface area contributed by atoms with Crippen LogP contribution in [0.3, 0.4) is 0 Å². The van der Waals surface area contributed by atoms with E-state index in [-0.39, 0.29) is 18.2 Å². The summed E-state index contributed by atoms with van der Waals surface area (Å²) in [5.41, 5.74) is 5.09. The highest BCUT2D eigenvalue weighted by atomic mass is 16.5. The largest absolute Gasteiger partial charge is 0.379 e. The maximum Gasteiger partial charge on any atom is 0.254 e. The van der Waals surface area contributed by atoms with Gasteiger partial charge in [0.2, 0.25) is 5.91 Å². The monoisotopic (exact) mass is 383 g/mol. The lowest BCUT2D eigenvalue weighted by atomic mass is 10.1. The molecule has 0 spiro atoms. The van der Waals surface area contributed by atoms with Gasteiger partial charge in [0.25, 0.3) is 5.91 Å². The van der Waals surface area contributed by atoms with E-state index in [9.17, 15) is 9.59 Å². The van der Waals surface area contributed by atoms with Gasteiger partial charge in [-0.1, -0.05) is 0 Å². The average Bonchev–Trinajstić information content (AvgIpc) is 3.32. The molecule has 1 aliphatic carbocycles. The summed E-state index contributed by atoms with van der Waals surface area (Å²) >= 11 is 0. The van der Waals surface area contributed by atoms with Crippen molar-refractivity contribution in [3.63, 3.8) is 0 Å². The summed E-state index contributed by atoms with van der Waals surface area (Å²) in [5, 5.41) is 12.3. The summed E-state index contributed by atoms with van der Waals surface area (Å²) in [7, 11) is 0. The van der Waals surface area contributed by atoms with Gasteiger partial charge in [-0.2, -0.15) is 9.61 Å². The van der Waals surface area contributed by atoms with E-state index in [4.69, 9.17) is 9.72 Å². The summed E-state index contributed by atoms with van der Waals surface area (Å²) in [6.45, 7) is 2.90. The first-order valence-electron chi connectivity index (χ1n) is 9.45. The van der Waals surface area contributed by atoms with E-state index < -0.39 is 0 Å². The lowest BCUT2D eigenvalue weighted by molar-refractivity contribution is -0.124. The van der Waals surface area contributed by atoms with Crippen LogP contribution in [-0.4, -0.2) is 63.8 Å². The van der Waals surface area contributed by atoms with Crippen LogP contribution in [0.4, 0.5) is 11.6 Å². The number of morpholine rings is 1. The van der Waals surface area contributed by atoms with E-state index in [1.54, 1.807) is 16.8 Å². The third-order valence-corrected chi connectivity index (χ3v) is 4.94. The number of hydrazine groups is 1. The molecular weight excluding hydrogens is 362 g/mol. The van der Waals surface area contributed by atoms with E-state index in [2.05, 4.69) is 26.2 Å². The fourth-order valence-corrected chi connectivity index (χ4v) is 3.32. The summed E-state index contributed by atoms with van der Waals surface area (Å²) in [6.07, 6.45) is 5.71. The zero-order chi connectivity index (χ0) is 19.1. The topological polar surface area (TPSA) is 113 Å². The highest BCUT2D eigenvalue weighted by Gasteiger charge is 2.26. The summed E-state index contributed by atoms with van der Waals surface area (Å²) in [4.78, 5) is 28.1. The molecule has 4 heterocycles. The van der Waals surface area contributed by atoms with Gasteiger partial charge in [0, 0.05) is 36.3 Å². The zero-order valence-corrected chi connectivity index (χ0v) is 15.3. The predicted octanol–water partition coefficient (Wildman–Crippen LogP) is 0.393. The van der Waals surface area contributed by atoms with Gasteiger partial charge in [-0.05, 0) is 18.9 Å². The molecular formula is C18H21N7O3. The minimum absolute atomic E-state index is 0.0784. The Balaban J connectivity index is 1.52. The Bertz CT molecular complexity index is 973. The SMILES string of the molecule is O=C1C/C(=C\c2cnn3c(NC4CC4)cc(NN4CCOCC4)nc23)C(=O)N1. The van der Waals surface area contributed by atoms with Crippen LogP contribution in [0.1, 0.15) is 24.8 Å². The Labute approximate surface area is 160 Å². The Morgan fingerprint density at radius 2 is 2.07 bits per heavy atom. The second kappa shape index (κ2) is 6.88. The Kier molecular flexibility index (Phi) is 4.21. The van der Waals surface area contributed by atoms with Crippen LogP contribution in [-0.2, 0) is 14.3 Å². The predicted molar refractivity (Wildman–Crippen MR) is 101 cm³/mol. The Hall–Kier alpha value is -2.98. The molecule has 2 aliphatic heterocycles. The standard InChI is InChI=1S/C18H21N7O3/c26-16-8-11(18(27)22-16)7-12-10-19-25-15(20-13-1-2-13)9-14(21-17(12)25)23-24-3-5-28-6-4-24/h7,9-10,13,20H,1-6,8H2,(H,21,23)(H,22,26,27)/b11-7+. The molecule has 2 saturated heterocycles. The van der Waals surface area contributed by atoms with Crippen molar-refractivity contribution in [3.8, 4) is 0 Å². The van der Waals surface area contributed by atoms with Crippen LogP contribution in [0.2, 0.25) is 0 Å². The van der Waals surface area contributed by atoms with Crippen molar-refractivity contribution in [1.29, 1.82) is 0 Å². The van der Waals surface area contributed by atoms with Crippen LogP contribution in [0, 0.1) is 0 Å². The van der Waals surface area contributed by atoms with Crippen LogP contribution in [0.5, 0.6) is 0 Å². The maximum absolute atomic E-state index is 11.9. The Morgan fingerprint density at radius 3 is 2.79 bits per heavy atom. The first kappa shape index (κ1) is 17.1. The second-order valence-corrected chi connectivity index (χ2v) is 7.22. The summed E-state index contributed by atoms with van der Waals surface area (Å²) in [6, 6.07) is 2.39. The van der Waals surface area contributed by atoms with Gasteiger partial charge in [0.1, 0.15) is 11.6 Å². The van der Waals surface area contributed by atoms with Crippen molar-refractivity contribution in [1.82, 2.24) is 24.9 Å². The van der Waals surface area contributed by atoms with Gasteiger partial charge in [-0.15, -0.1) is 0 Å². The molecule has 3 aliphatic rings. The van der Waals surface area contributed by atoms with Crippen molar-refractivity contribution in [2.45, 2.75) is 25.3 Å². The zero-order valence-electron chi connectivity index (χ0n) is 15.3. The van der Waals surface area contributed by atoms with Gasteiger partial charge in [-0.25, -0.2) is 9.99 Å². The molecule has 5 rings (SSSR count). The van der Waals surface area contributed by atoms with Crippen molar-refractivity contribution in [2.24, 2.45) is 0 Å². The number of hydrogen-bond acceptors (Lipinski definition) is 8. The molecule has 0 unspecified atom stereocenters. The van der Waals surface area contributed by atoms with Crippen molar-refractivity contribution in [3.05, 3.63) is 23.4 Å². The summed E-state index contributed by atoms with van der Waals surface area (Å²) in [5.74, 6) is 0.902. The third-order valence-electron chi connectivity index (χ3n) is 4.94. The molecule has 0 atom stereocenters. The molecule has 0 radical (unpaired) electrons. The van der Waals surface area contributed by atoms with Crippen LogP contribution in [0.15, 0.2) is 17.8 Å². The molecule has 2 amide bonds. The highest BCUT2D eigenvalue weighted by molar-refractivity contribution is 6.15. The number of fused-ring (bicyclic) bond motifs is 1. The van der Waals surface area contributed by atoms with Crippen molar-refractivity contribution >= 4 is 35.2 Å². The van der Waals surface area contributed by atoms with E-state index in [1.165, 1.54) is 0 Å². The van der Waals surface area contributed by atoms with E-state index in [0.29, 0.717) is 41.9 Å². The molecule has 2 aromatic rings. The van der Waals surface area contributed by atoms with E-state index >= 15 is 0 Å². The summed E-state index contributed by atoms with van der Waals surface area (Å²) < 4.78 is 7.13. The number of nitrogens with zero attached hydrogens (tertiary/aromatic N) is 4. The maximum atomic E-state index is 11.9. The molecule has 0 aromatic carbocycles. The molecule has 10 nitrogen and oxygen atoms in total. The number of rotatable bonds is 5. The smallest absolute Gasteiger partial charge is 0.254 e. The quantitative estimate of drug-likeness (QED) is 0.502. The molecule has 2 aromatic heterocycles. The normalized spacial score (nSPS) is 22.1. The van der Waals surface area contributed by atoms with Crippen LogP contribution >= 0.6 is 0 Å². The molecule has 10 heteroatoms. The second-order valence-electron chi connectivity index (χ2n) is 7.22. The first-order chi connectivity index (χ1) is 13.7. The fourth-order valence-electron chi connectivity index (χ4n) is 3.32. The van der Waals surface area contributed by atoms with E-state index in [1.807, 2.05) is 6.07 Å². The number of anilines is 2. The minimum atomic E-state index is -0.358. The van der Waals surface area contributed by atoms with E-state index in [0.717, 1.165) is 31.7 Å². The molecule has 146 valence electrons. The fraction of sp³-hybridized carbons (Fsp3) is 0.444. The lowest BCUT2D eigenvalue weighted by Gasteiger charge is -2.27. The molecule has 0 bridgehead atoms. The van der Waals surface area contributed by atoms with Crippen molar-refractivity contribution in [2.75, 3.05) is 37.0 Å². The number of nitrogens with one attached hydrogen (secondary N) is 3. The Morgan fingerprint density at radius 1 is 1.25 bits per heavy atom. The number of carbonyl (C=O) groups excluding carboxylic acids is 2. The number of aromatic nitrogens is 3. The van der Waals surface area contributed by atoms with Gasteiger partial charge in [0.15, 0.2) is 5.65 Å². The minimum Gasteiger partial charge on any atom is -0.379 e. The number of imide groups is 1. The number of ether oxygens (including phenoxy) is 1. The van der Waals surface area contributed by atoms with Gasteiger partial charge >= 0.3 is 0 Å². The number of amides is 2. The highest BCUT2D eigenvalue weighted by Crippen LogP contribution is 2.28. The van der Waals surface area contributed by atoms with Crippen LogP contribution < -0.4 is 16.1 Å². The van der Waals surface area contributed by atoms with Gasteiger partial charge < -0.3 is 15.5 Å². The molecule has 3 N–H and O–H groups in total. The van der Waals surface area contributed by atoms with Crippen LogP contribution in [0.25, 0.3) is 11.7 Å². The first-order valence-corrected chi connectivity index (χ1v) is 9.45. The molecule has 1 saturated carbocycles. The average molecular weight is 383 g/mol. The van der Waals surface area contributed by atoms with Gasteiger partial charge in [0.05, 0.1) is 25.8 Å². The lowest BCUT2D eigenvalue weighted by Crippen LogP contribution is -2.40. The number of hydrogen-bond donors (Lipinski definition) is 3. The number of carbonyl (C=O) groups is 2. The van der Waals surface area contributed by atoms with Gasteiger partial charge in [-0.3, -0.25) is 14.9 Å². The molecule has 3 fully saturated rings. The van der Waals surface area contributed by atoms with Crippen molar-refractivity contribution < 1.29 is 14.3 Å².